The van der Waals surface area contributed by atoms with Crippen LogP contribution in [-0.2, 0) is 4.79 Å². The number of rotatable bonds is 3. The second-order valence-corrected chi connectivity index (χ2v) is 5.50. The molecule has 2 saturated heterocycles. The van der Waals surface area contributed by atoms with E-state index < -0.39 is 0 Å². The molecule has 1 aromatic rings. The van der Waals surface area contributed by atoms with Crippen LogP contribution < -0.4 is 5.32 Å². The Kier molecular flexibility index (Phi) is 4.28. The lowest BCUT2D eigenvalue weighted by Gasteiger charge is -2.36. The maximum atomic E-state index is 12.9. The fraction of sp³-hybridized carbons (Fsp3) is 0.600. The average Bonchev–Trinajstić information content (AvgIpc) is 3.04. The van der Waals surface area contributed by atoms with Crippen LogP contribution in [0.3, 0.4) is 0 Å². The average molecular weight is 274 g/mol. The molecule has 1 amide bonds. The molecule has 20 heavy (non-hydrogen) atoms. The predicted octanol–water partition coefficient (Wildman–Crippen LogP) is 0.650. The Bertz CT molecular complexity index is 438. The highest BCUT2D eigenvalue weighted by Gasteiger charge is 2.32. The Hall–Kier alpha value is -1.46. The molecule has 3 rings (SSSR count). The van der Waals surface area contributed by atoms with E-state index in [1.54, 1.807) is 12.4 Å². The molecule has 0 aromatic carbocycles. The number of carbonyl (C=O) groups is 1. The van der Waals surface area contributed by atoms with Gasteiger partial charge in [-0.2, -0.15) is 0 Å². The van der Waals surface area contributed by atoms with Gasteiger partial charge >= 0.3 is 0 Å². The van der Waals surface area contributed by atoms with E-state index in [1.807, 2.05) is 17.0 Å². The maximum absolute atomic E-state index is 12.9. The lowest BCUT2D eigenvalue weighted by molar-refractivity contribution is -0.136. The SMILES string of the molecule is O=C(C(c1ccncc1)N1CCNCC1)N1CCCC1. The summed E-state index contributed by atoms with van der Waals surface area (Å²) < 4.78 is 0. The maximum Gasteiger partial charge on any atom is 0.244 e. The topological polar surface area (TPSA) is 48.5 Å². The molecule has 2 fully saturated rings. The van der Waals surface area contributed by atoms with E-state index in [1.165, 1.54) is 0 Å². The van der Waals surface area contributed by atoms with Crippen molar-refractivity contribution < 1.29 is 4.79 Å². The Morgan fingerprint density at radius 2 is 1.75 bits per heavy atom. The molecule has 1 atom stereocenters. The summed E-state index contributed by atoms with van der Waals surface area (Å²) in [6.45, 7) is 5.57. The number of carbonyl (C=O) groups excluding carboxylic acids is 1. The summed E-state index contributed by atoms with van der Waals surface area (Å²) in [4.78, 5) is 21.3. The summed E-state index contributed by atoms with van der Waals surface area (Å²) in [5.41, 5.74) is 1.07. The molecule has 1 aromatic heterocycles. The smallest absolute Gasteiger partial charge is 0.244 e. The van der Waals surface area contributed by atoms with Crippen molar-refractivity contribution in [1.29, 1.82) is 0 Å². The van der Waals surface area contributed by atoms with Crippen LogP contribution in [0.25, 0.3) is 0 Å². The van der Waals surface area contributed by atoms with Crippen LogP contribution in [-0.4, -0.2) is 60.0 Å². The van der Waals surface area contributed by atoms with E-state index in [0.717, 1.165) is 57.7 Å². The number of pyridine rings is 1. The van der Waals surface area contributed by atoms with Crippen molar-refractivity contribution in [2.45, 2.75) is 18.9 Å². The molecular weight excluding hydrogens is 252 g/mol. The monoisotopic (exact) mass is 274 g/mol. The summed E-state index contributed by atoms with van der Waals surface area (Å²) in [7, 11) is 0. The molecule has 0 spiro atoms. The molecule has 5 nitrogen and oxygen atoms in total. The van der Waals surface area contributed by atoms with E-state index >= 15 is 0 Å². The second kappa shape index (κ2) is 6.33. The molecule has 3 heterocycles. The largest absolute Gasteiger partial charge is 0.341 e. The van der Waals surface area contributed by atoms with Gasteiger partial charge in [0.05, 0.1) is 0 Å². The molecule has 0 radical (unpaired) electrons. The third kappa shape index (κ3) is 2.83. The zero-order valence-electron chi connectivity index (χ0n) is 11.8. The quantitative estimate of drug-likeness (QED) is 0.879. The van der Waals surface area contributed by atoms with Crippen molar-refractivity contribution in [2.75, 3.05) is 39.3 Å². The van der Waals surface area contributed by atoms with Gasteiger partial charge in [-0.1, -0.05) is 0 Å². The number of hydrogen-bond acceptors (Lipinski definition) is 4. The van der Waals surface area contributed by atoms with Crippen molar-refractivity contribution in [1.82, 2.24) is 20.1 Å². The number of nitrogens with one attached hydrogen (secondary N) is 1. The highest BCUT2D eigenvalue weighted by molar-refractivity contribution is 5.83. The van der Waals surface area contributed by atoms with Crippen molar-refractivity contribution in [3.63, 3.8) is 0 Å². The molecule has 1 unspecified atom stereocenters. The minimum atomic E-state index is -0.141. The first-order valence-corrected chi connectivity index (χ1v) is 7.50. The number of nitrogens with zero attached hydrogens (tertiary/aromatic N) is 3. The number of piperazine rings is 1. The lowest BCUT2D eigenvalue weighted by atomic mass is 10.0. The minimum Gasteiger partial charge on any atom is -0.341 e. The molecular formula is C15H22N4O. The van der Waals surface area contributed by atoms with E-state index in [0.29, 0.717) is 0 Å². The zero-order valence-corrected chi connectivity index (χ0v) is 11.8. The van der Waals surface area contributed by atoms with Crippen LogP contribution in [0.4, 0.5) is 0 Å². The van der Waals surface area contributed by atoms with Crippen LogP contribution in [0, 0.1) is 0 Å². The second-order valence-electron chi connectivity index (χ2n) is 5.50. The van der Waals surface area contributed by atoms with Gasteiger partial charge in [0.25, 0.3) is 0 Å². The predicted molar refractivity (Wildman–Crippen MR) is 77.2 cm³/mol. The summed E-state index contributed by atoms with van der Waals surface area (Å²) in [6, 6.07) is 3.81. The third-order valence-electron chi connectivity index (χ3n) is 4.19. The first-order valence-electron chi connectivity index (χ1n) is 7.50. The Balaban J connectivity index is 1.84. The van der Waals surface area contributed by atoms with Crippen molar-refractivity contribution in [3.05, 3.63) is 30.1 Å². The number of likely N-dealkylation sites (tertiary alicyclic amines) is 1. The van der Waals surface area contributed by atoms with E-state index in [9.17, 15) is 4.79 Å². The molecule has 0 aliphatic carbocycles. The van der Waals surface area contributed by atoms with Gasteiger partial charge in [-0.05, 0) is 30.5 Å². The molecule has 108 valence electrons. The lowest BCUT2D eigenvalue weighted by Crippen LogP contribution is -2.49. The first-order chi connectivity index (χ1) is 9.86. The fourth-order valence-electron chi connectivity index (χ4n) is 3.11. The number of hydrogen-bond donors (Lipinski definition) is 1. The van der Waals surface area contributed by atoms with E-state index in [2.05, 4.69) is 15.2 Å². The van der Waals surface area contributed by atoms with Crippen LogP contribution in [0.5, 0.6) is 0 Å². The summed E-state index contributed by atoms with van der Waals surface area (Å²) >= 11 is 0. The third-order valence-corrected chi connectivity index (χ3v) is 4.19. The van der Waals surface area contributed by atoms with Gasteiger partial charge in [-0.3, -0.25) is 14.7 Å². The van der Waals surface area contributed by atoms with Gasteiger partial charge in [0.1, 0.15) is 6.04 Å². The van der Waals surface area contributed by atoms with Gasteiger partial charge in [0.15, 0.2) is 0 Å². The molecule has 2 aliphatic rings. The van der Waals surface area contributed by atoms with Gasteiger partial charge in [-0.25, -0.2) is 0 Å². The highest BCUT2D eigenvalue weighted by Crippen LogP contribution is 2.25. The summed E-state index contributed by atoms with van der Waals surface area (Å²) in [6.07, 6.45) is 5.83. The zero-order chi connectivity index (χ0) is 13.8. The molecule has 1 N–H and O–H groups in total. The van der Waals surface area contributed by atoms with Gasteiger partial charge in [0.2, 0.25) is 5.91 Å². The normalized spacial score (nSPS) is 21.9. The van der Waals surface area contributed by atoms with Crippen LogP contribution in [0.15, 0.2) is 24.5 Å². The number of amides is 1. The summed E-state index contributed by atoms with van der Waals surface area (Å²) in [5, 5.41) is 3.35. The van der Waals surface area contributed by atoms with Crippen molar-refractivity contribution >= 4 is 5.91 Å². The van der Waals surface area contributed by atoms with Gasteiger partial charge in [0, 0.05) is 51.7 Å². The van der Waals surface area contributed by atoms with E-state index in [4.69, 9.17) is 0 Å². The Morgan fingerprint density at radius 3 is 2.40 bits per heavy atom. The van der Waals surface area contributed by atoms with Crippen LogP contribution in [0.2, 0.25) is 0 Å². The van der Waals surface area contributed by atoms with E-state index in [-0.39, 0.29) is 11.9 Å². The Labute approximate surface area is 120 Å². The fourth-order valence-corrected chi connectivity index (χ4v) is 3.11. The van der Waals surface area contributed by atoms with Crippen molar-refractivity contribution in [3.8, 4) is 0 Å². The summed E-state index contributed by atoms with van der Waals surface area (Å²) in [5.74, 6) is 0.260. The van der Waals surface area contributed by atoms with Gasteiger partial charge < -0.3 is 10.2 Å². The van der Waals surface area contributed by atoms with Crippen LogP contribution in [0.1, 0.15) is 24.4 Å². The first kappa shape index (κ1) is 13.5. The highest BCUT2D eigenvalue weighted by atomic mass is 16.2. The Morgan fingerprint density at radius 1 is 1.10 bits per heavy atom. The molecule has 0 bridgehead atoms. The number of aromatic nitrogens is 1. The molecule has 5 heteroatoms. The molecule has 2 aliphatic heterocycles. The standard InChI is InChI=1S/C15H22N4O/c20-15(19-9-1-2-10-19)14(13-3-5-16-6-4-13)18-11-7-17-8-12-18/h3-6,14,17H,1-2,7-12H2. The minimum absolute atomic E-state index is 0.141. The van der Waals surface area contributed by atoms with Crippen molar-refractivity contribution in [2.24, 2.45) is 0 Å². The van der Waals surface area contributed by atoms with Gasteiger partial charge in [-0.15, -0.1) is 0 Å². The van der Waals surface area contributed by atoms with Crippen LogP contribution >= 0.6 is 0 Å². The molecule has 0 saturated carbocycles.